The summed E-state index contributed by atoms with van der Waals surface area (Å²) in [4.78, 5) is 15.4. The number of benzene rings is 1. The van der Waals surface area contributed by atoms with Crippen LogP contribution in [-0.2, 0) is 9.53 Å². The van der Waals surface area contributed by atoms with Crippen LogP contribution in [0, 0.1) is 29.1 Å². The zero-order valence-corrected chi connectivity index (χ0v) is 12.6. The zero-order valence-electron chi connectivity index (χ0n) is 12.6. The standard InChI is InChI=1S/C15H11F6NO3/c1-2-25-15(24)5(4-22-7-3-6(7)16)14(23)8-9(17)11(19)13(21)12(20)10(8)18/h4,6-7,23H,2-3H2,1H3. The number of aliphatic imine (C=N–C) groups is 1. The number of hydrogen-bond donors (Lipinski definition) is 1. The highest BCUT2D eigenvalue weighted by Gasteiger charge is 2.37. The van der Waals surface area contributed by atoms with Crippen molar-refractivity contribution in [3.05, 3.63) is 40.2 Å². The minimum atomic E-state index is -2.42. The van der Waals surface area contributed by atoms with Crippen LogP contribution < -0.4 is 0 Å². The van der Waals surface area contributed by atoms with E-state index in [9.17, 15) is 36.2 Å². The number of esters is 1. The Morgan fingerprint density at radius 2 is 1.64 bits per heavy atom. The number of nitrogens with zero attached hydrogens (tertiary/aromatic N) is 1. The predicted octanol–water partition coefficient (Wildman–Crippen LogP) is 3.40. The van der Waals surface area contributed by atoms with Gasteiger partial charge in [-0.1, -0.05) is 0 Å². The molecule has 0 bridgehead atoms. The van der Waals surface area contributed by atoms with Crippen molar-refractivity contribution in [3.63, 3.8) is 0 Å². The number of rotatable bonds is 5. The van der Waals surface area contributed by atoms with Gasteiger partial charge in [0, 0.05) is 12.6 Å². The lowest BCUT2D eigenvalue weighted by atomic mass is 10.1. The number of ether oxygens (including phenoxy) is 1. The summed E-state index contributed by atoms with van der Waals surface area (Å²) in [6, 6.07) is -0.825. The second-order valence-corrected chi connectivity index (χ2v) is 5.02. The number of carbonyl (C=O) groups is 1. The molecule has 2 atom stereocenters. The molecular formula is C15H11F6NO3. The maximum atomic E-state index is 13.8. The summed E-state index contributed by atoms with van der Waals surface area (Å²) >= 11 is 0. The van der Waals surface area contributed by atoms with Crippen molar-refractivity contribution in [3.8, 4) is 0 Å². The summed E-state index contributed by atoms with van der Waals surface area (Å²) in [6.07, 6.45) is -0.665. The van der Waals surface area contributed by atoms with Crippen LogP contribution >= 0.6 is 0 Å². The van der Waals surface area contributed by atoms with Gasteiger partial charge in [-0.2, -0.15) is 0 Å². The predicted molar refractivity (Wildman–Crippen MR) is 74.2 cm³/mol. The van der Waals surface area contributed by atoms with Gasteiger partial charge in [-0.3, -0.25) is 4.99 Å². The van der Waals surface area contributed by atoms with E-state index in [1.54, 1.807) is 0 Å². The molecule has 0 aromatic heterocycles. The van der Waals surface area contributed by atoms with Crippen molar-refractivity contribution in [2.45, 2.75) is 25.6 Å². The Morgan fingerprint density at radius 1 is 1.16 bits per heavy atom. The molecule has 2 rings (SSSR count). The van der Waals surface area contributed by atoms with E-state index in [-0.39, 0.29) is 13.0 Å². The first-order valence-corrected chi connectivity index (χ1v) is 7.00. The highest BCUT2D eigenvalue weighted by Crippen LogP contribution is 2.31. The van der Waals surface area contributed by atoms with Gasteiger partial charge in [0.2, 0.25) is 5.82 Å². The molecule has 1 aliphatic carbocycles. The normalized spacial score (nSPS) is 20.6. The van der Waals surface area contributed by atoms with Gasteiger partial charge in [-0.15, -0.1) is 0 Å². The van der Waals surface area contributed by atoms with Crippen LogP contribution in [0.2, 0.25) is 0 Å². The average molecular weight is 367 g/mol. The molecule has 0 spiro atoms. The molecule has 1 saturated carbocycles. The molecule has 0 aliphatic heterocycles. The first-order valence-electron chi connectivity index (χ1n) is 7.00. The second-order valence-electron chi connectivity index (χ2n) is 5.02. The topological polar surface area (TPSA) is 58.9 Å². The Kier molecular flexibility index (Phi) is 5.39. The maximum absolute atomic E-state index is 13.8. The van der Waals surface area contributed by atoms with Crippen molar-refractivity contribution in [2.75, 3.05) is 6.61 Å². The maximum Gasteiger partial charge on any atom is 0.343 e. The van der Waals surface area contributed by atoms with Gasteiger partial charge in [0.05, 0.1) is 18.2 Å². The Balaban J connectivity index is 2.62. The highest BCUT2D eigenvalue weighted by atomic mass is 19.2. The fourth-order valence-corrected chi connectivity index (χ4v) is 1.84. The first-order chi connectivity index (χ1) is 11.7. The molecule has 1 aromatic carbocycles. The summed E-state index contributed by atoms with van der Waals surface area (Å²) in [6.45, 7) is 1.16. The number of alkyl halides is 1. The number of halogens is 6. The molecule has 0 saturated heterocycles. The van der Waals surface area contributed by atoms with Crippen molar-refractivity contribution in [2.24, 2.45) is 4.99 Å². The molecule has 1 aromatic rings. The summed E-state index contributed by atoms with van der Waals surface area (Å²) in [5.74, 6) is -14.6. The number of aliphatic hydroxyl groups is 1. The summed E-state index contributed by atoms with van der Waals surface area (Å²) < 4.78 is 84.5. The van der Waals surface area contributed by atoms with E-state index in [0.717, 1.165) is 0 Å². The third kappa shape index (κ3) is 3.62. The van der Waals surface area contributed by atoms with Gasteiger partial charge in [-0.05, 0) is 6.92 Å². The van der Waals surface area contributed by atoms with E-state index in [1.165, 1.54) is 6.92 Å². The minimum absolute atomic E-state index is 0.0376. The van der Waals surface area contributed by atoms with E-state index in [2.05, 4.69) is 9.73 Å². The lowest BCUT2D eigenvalue weighted by Crippen LogP contribution is -2.14. The number of aliphatic hydroxyl groups excluding tert-OH is 1. The van der Waals surface area contributed by atoms with Gasteiger partial charge in [0.25, 0.3) is 0 Å². The largest absolute Gasteiger partial charge is 0.506 e. The fraction of sp³-hybridized carbons (Fsp3) is 0.333. The van der Waals surface area contributed by atoms with Crippen LogP contribution in [-0.4, -0.2) is 36.1 Å². The van der Waals surface area contributed by atoms with Crippen LogP contribution in [0.4, 0.5) is 26.3 Å². The van der Waals surface area contributed by atoms with E-state index in [1.807, 2.05) is 0 Å². The molecule has 0 amide bonds. The van der Waals surface area contributed by atoms with Gasteiger partial charge in [0.15, 0.2) is 23.3 Å². The smallest absolute Gasteiger partial charge is 0.343 e. The molecule has 1 aliphatic rings. The SMILES string of the molecule is CCOC(=O)C(C=NC1CC1F)=C(O)c1c(F)c(F)c(F)c(F)c1F. The third-order valence-corrected chi connectivity index (χ3v) is 3.27. The van der Waals surface area contributed by atoms with E-state index >= 15 is 0 Å². The lowest BCUT2D eigenvalue weighted by molar-refractivity contribution is -0.137. The van der Waals surface area contributed by atoms with E-state index < -0.39 is 64.2 Å². The quantitative estimate of drug-likeness (QED) is 0.165. The van der Waals surface area contributed by atoms with E-state index in [0.29, 0.717) is 6.21 Å². The molecule has 25 heavy (non-hydrogen) atoms. The fourth-order valence-electron chi connectivity index (χ4n) is 1.84. The Hall–Kier alpha value is -2.52. The second kappa shape index (κ2) is 7.16. The van der Waals surface area contributed by atoms with Crippen LogP contribution in [0.3, 0.4) is 0 Å². The molecule has 136 valence electrons. The Labute approximate surface area is 137 Å². The van der Waals surface area contributed by atoms with Crippen molar-refractivity contribution >= 4 is 17.9 Å². The van der Waals surface area contributed by atoms with Gasteiger partial charge in [0.1, 0.15) is 17.5 Å². The van der Waals surface area contributed by atoms with Gasteiger partial charge in [-0.25, -0.2) is 31.1 Å². The minimum Gasteiger partial charge on any atom is -0.506 e. The molecule has 1 fully saturated rings. The summed E-state index contributed by atoms with van der Waals surface area (Å²) in [5.41, 5.74) is -2.68. The van der Waals surface area contributed by atoms with Crippen LogP contribution in [0.5, 0.6) is 0 Å². The average Bonchev–Trinajstić information content (AvgIpc) is 3.27. The Bertz CT molecular complexity index is 748. The van der Waals surface area contributed by atoms with Gasteiger partial charge < -0.3 is 9.84 Å². The molecule has 10 heteroatoms. The van der Waals surface area contributed by atoms with Crippen molar-refractivity contribution in [1.82, 2.24) is 0 Å². The molecule has 4 nitrogen and oxygen atoms in total. The summed E-state index contributed by atoms with van der Waals surface area (Å²) in [7, 11) is 0. The van der Waals surface area contributed by atoms with Crippen molar-refractivity contribution in [1.29, 1.82) is 0 Å². The van der Waals surface area contributed by atoms with Crippen LogP contribution in [0.25, 0.3) is 5.76 Å². The molecular weight excluding hydrogens is 356 g/mol. The molecule has 0 heterocycles. The highest BCUT2D eigenvalue weighted by molar-refractivity contribution is 6.15. The van der Waals surface area contributed by atoms with Crippen molar-refractivity contribution < 1.29 is 41.0 Å². The first kappa shape index (κ1) is 18.8. The number of hydrogen-bond acceptors (Lipinski definition) is 4. The molecule has 1 N–H and O–H groups in total. The van der Waals surface area contributed by atoms with Gasteiger partial charge >= 0.3 is 5.97 Å². The monoisotopic (exact) mass is 367 g/mol. The van der Waals surface area contributed by atoms with E-state index in [4.69, 9.17) is 0 Å². The number of carbonyl (C=O) groups excluding carboxylic acids is 1. The zero-order chi connectivity index (χ0) is 18.9. The summed E-state index contributed by atoms with van der Waals surface area (Å²) in [5, 5.41) is 9.94. The molecule has 2 unspecified atom stereocenters. The van der Waals surface area contributed by atoms with Crippen LogP contribution in [0.15, 0.2) is 10.6 Å². The lowest BCUT2D eigenvalue weighted by Gasteiger charge is -2.10. The molecule has 0 radical (unpaired) electrons. The Morgan fingerprint density at radius 3 is 2.08 bits per heavy atom. The third-order valence-electron chi connectivity index (χ3n) is 3.27. The van der Waals surface area contributed by atoms with Crippen LogP contribution in [0.1, 0.15) is 18.9 Å².